The molecule has 2 rings (SSSR count). The molecule has 0 bridgehead atoms. The van der Waals surface area contributed by atoms with E-state index >= 15 is 0 Å². The predicted molar refractivity (Wildman–Crippen MR) is 73.5 cm³/mol. The topological polar surface area (TPSA) is 35.5 Å². The Hall–Kier alpha value is -2.07. The molecular formula is C15H12ClFO3. The van der Waals surface area contributed by atoms with E-state index in [4.69, 9.17) is 16.3 Å². The summed E-state index contributed by atoms with van der Waals surface area (Å²) in [5.41, 5.74) is 0.996. The lowest BCUT2D eigenvalue weighted by atomic mass is 10.1. The van der Waals surface area contributed by atoms with Gasteiger partial charge in [-0.25, -0.2) is 9.18 Å². The van der Waals surface area contributed by atoms with Crippen molar-refractivity contribution in [2.45, 2.75) is 6.61 Å². The lowest BCUT2D eigenvalue weighted by molar-refractivity contribution is 0.0597. The lowest BCUT2D eigenvalue weighted by Gasteiger charge is -2.10. The summed E-state index contributed by atoms with van der Waals surface area (Å²) < 4.78 is 23.7. The van der Waals surface area contributed by atoms with Crippen LogP contribution in [0.5, 0.6) is 5.75 Å². The first-order valence-electron chi connectivity index (χ1n) is 5.86. The van der Waals surface area contributed by atoms with Crippen LogP contribution in [0.1, 0.15) is 15.9 Å². The highest BCUT2D eigenvalue weighted by Crippen LogP contribution is 2.25. The van der Waals surface area contributed by atoms with Crippen LogP contribution in [-0.2, 0) is 11.3 Å². The normalized spacial score (nSPS) is 10.2. The smallest absolute Gasteiger partial charge is 0.338 e. The SMILES string of the molecule is COC(=O)c1ccccc1COc1cccc(Cl)c1F. The maximum absolute atomic E-state index is 13.7. The van der Waals surface area contributed by atoms with E-state index < -0.39 is 11.8 Å². The van der Waals surface area contributed by atoms with E-state index in [1.54, 1.807) is 30.3 Å². The maximum atomic E-state index is 13.7. The van der Waals surface area contributed by atoms with Crippen molar-refractivity contribution in [1.82, 2.24) is 0 Å². The van der Waals surface area contributed by atoms with E-state index in [1.165, 1.54) is 19.2 Å². The quantitative estimate of drug-likeness (QED) is 0.804. The van der Waals surface area contributed by atoms with E-state index in [1.807, 2.05) is 0 Å². The van der Waals surface area contributed by atoms with E-state index in [2.05, 4.69) is 4.74 Å². The second kappa shape index (κ2) is 6.39. The molecule has 0 saturated carbocycles. The Morgan fingerprint density at radius 1 is 1.20 bits per heavy atom. The molecule has 0 unspecified atom stereocenters. The third kappa shape index (κ3) is 3.08. The van der Waals surface area contributed by atoms with Gasteiger partial charge in [0.25, 0.3) is 0 Å². The molecule has 0 fully saturated rings. The molecule has 20 heavy (non-hydrogen) atoms. The first-order valence-corrected chi connectivity index (χ1v) is 6.24. The van der Waals surface area contributed by atoms with Gasteiger partial charge in [-0.2, -0.15) is 0 Å². The van der Waals surface area contributed by atoms with Gasteiger partial charge in [0, 0.05) is 5.56 Å². The van der Waals surface area contributed by atoms with Crippen LogP contribution in [0, 0.1) is 5.82 Å². The summed E-state index contributed by atoms with van der Waals surface area (Å²) in [5.74, 6) is -1.04. The summed E-state index contributed by atoms with van der Waals surface area (Å²) in [6.45, 7) is 0.0442. The van der Waals surface area contributed by atoms with E-state index in [9.17, 15) is 9.18 Å². The Morgan fingerprint density at radius 2 is 1.95 bits per heavy atom. The summed E-state index contributed by atoms with van der Waals surface area (Å²) in [5, 5.41) is -0.0104. The molecule has 0 spiro atoms. The van der Waals surface area contributed by atoms with Gasteiger partial charge in [0.15, 0.2) is 11.6 Å². The Balaban J connectivity index is 2.19. The Morgan fingerprint density at radius 3 is 2.70 bits per heavy atom. The van der Waals surface area contributed by atoms with Crippen molar-refractivity contribution in [1.29, 1.82) is 0 Å². The average molecular weight is 295 g/mol. The third-order valence-electron chi connectivity index (χ3n) is 2.72. The minimum atomic E-state index is -0.621. The molecule has 5 heteroatoms. The van der Waals surface area contributed by atoms with Gasteiger partial charge >= 0.3 is 5.97 Å². The van der Waals surface area contributed by atoms with Crippen molar-refractivity contribution in [3.8, 4) is 5.75 Å². The second-order valence-corrected chi connectivity index (χ2v) is 4.40. The monoisotopic (exact) mass is 294 g/mol. The molecular weight excluding hydrogens is 283 g/mol. The fourth-order valence-electron chi connectivity index (χ4n) is 1.71. The van der Waals surface area contributed by atoms with Gasteiger partial charge in [0.2, 0.25) is 0 Å². The lowest BCUT2D eigenvalue weighted by Crippen LogP contribution is -2.08. The summed E-state index contributed by atoms with van der Waals surface area (Å²) in [7, 11) is 1.30. The second-order valence-electron chi connectivity index (χ2n) is 3.99. The van der Waals surface area contributed by atoms with Gasteiger partial charge in [-0.3, -0.25) is 0 Å². The van der Waals surface area contributed by atoms with Gasteiger partial charge in [0.1, 0.15) is 6.61 Å². The van der Waals surface area contributed by atoms with Crippen LogP contribution in [0.3, 0.4) is 0 Å². The van der Waals surface area contributed by atoms with Crippen molar-refractivity contribution in [3.63, 3.8) is 0 Å². The van der Waals surface area contributed by atoms with Crippen LogP contribution in [-0.4, -0.2) is 13.1 Å². The molecule has 0 aliphatic carbocycles. The van der Waals surface area contributed by atoms with Crippen molar-refractivity contribution in [2.24, 2.45) is 0 Å². The molecule has 0 N–H and O–H groups in total. The van der Waals surface area contributed by atoms with Crippen molar-refractivity contribution in [3.05, 3.63) is 64.4 Å². The standard InChI is InChI=1S/C15H12ClFO3/c1-19-15(18)11-6-3-2-5-10(11)9-20-13-8-4-7-12(16)14(13)17/h2-8H,9H2,1H3. The van der Waals surface area contributed by atoms with Crippen LogP contribution < -0.4 is 4.74 Å². The molecule has 2 aromatic rings. The van der Waals surface area contributed by atoms with Crippen LogP contribution in [0.2, 0.25) is 5.02 Å². The maximum Gasteiger partial charge on any atom is 0.338 e. The number of carbonyl (C=O) groups excluding carboxylic acids is 1. The summed E-state index contributed by atoms with van der Waals surface area (Å²) >= 11 is 5.67. The summed E-state index contributed by atoms with van der Waals surface area (Å²) in [6, 6.07) is 11.3. The fraction of sp³-hybridized carbons (Fsp3) is 0.133. The van der Waals surface area contributed by atoms with Crippen molar-refractivity contribution < 1.29 is 18.7 Å². The minimum Gasteiger partial charge on any atom is -0.486 e. The number of benzene rings is 2. The average Bonchev–Trinajstić information content (AvgIpc) is 2.48. The zero-order valence-electron chi connectivity index (χ0n) is 10.7. The molecule has 0 aliphatic heterocycles. The fourth-order valence-corrected chi connectivity index (χ4v) is 1.87. The van der Waals surface area contributed by atoms with E-state index in [0.29, 0.717) is 11.1 Å². The third-order valence-corrected chi connectivity index (χ3v) is 3.01. The number of hydrogen-bond donors (Lipinski definition) is 0. The largest absolute Gasteiger partial charge is 0.486 e. The van der Waals surface area contributed by atoms with Crippen LogP contribution in [0.15, 0.2) is 42.5 Å². The van der Waals surface area contributed by atoms with Gasteiger partial charge in [-0.05, 0) is 18.2 Å². The molecule has 2 aromatic carbocycles. The van der Waals surface area contributed by atoms with Gasteiger partial charge in [0.05, 0.1) is 17.7 Å². The highest BCUT2D eigenvalue weighted by molar-refractivity contribution is 6.30. The zero-order valence-corrected chi connectivity index (χ0v) is 11.5. The summed E-state index contributed by atoms with van der Waals surface area (Å²) in [6.07, 6.45) is 0. The molecule has 0 aliphatic rings. The first kappa shape index (κ1) is 14.3. The molecule has 0 heterocycles. The number of hydrogen-bond acceptors (Lipinski definition) is 3. The molecule has 0 amide bonds. The number of esters is 1. The van der Waals surface area contributed by atoms with Crippen LogP contribution >= 0.6 is 11.6 Å². The summed E-state index contributed by atoms with van der Waals surface area (Å²) in [4.78, 5) is 11.6. The molecule has 0 radical (unpaired) electrons. The molecule has 0 aromatic heterocycles. The molecule has 0 saturated heterocycles. The number of ether oxygens (including phenoxy) is 2. The van der Waals surface area contributed by atoms with Crippen molar-refractivity contribution in [2.75, 3.05) is 7.11 Å². The van der Waals surface area contributed by atoms with Crippen LogP contribution in [0.25, 0.3) is 0 Å². The first-order chi connectivity index (χ1) is 9.63. The van der Waals surface area contributed by atoms with Crippen LogP contribution in [0.4, 0.5) is 4.39 Å². The highest BCUT2D eigenvalue weighted by Gasteiger charge is 2.13. The zero-order chi connectivity index (χ0) is 14.5. The number of methoxy groups -OCH3 is 1. The Kier molecular flexibility index (Phi) is 4.58. The van der Waals surface area contributed by atoms with Gasteiger partial charge < -0.3 is 9.47 Å². The van der Waals surface area contributed by atoms with Crippen molar-refractivity contribution >= 4 is 17.6 Å². The van der Waals surface area contributed by atoms with Gasteiger partial charge in [-0.1, -0.05) is 35.9 Å². The predicted octanol–water partition coefficient (Wildman–Crippen LogP) is 3.84. The number of carbonyl (C=O) groups is 1. The number of halogens is 2. The van der Waals surface area contributed by atoms with E-state index in [-0.39, 0.29) is 17.4 Å². The van der Waals surface area contributed by atoms with Gasteiger partial charge in [-0.15, -0.1) is 0 Å². The molecule has 104 valence electrons. The minimum absolute atomic E-state index is 0.0104. The van der Waals surface area contributed by atoms with E-state index in [0.717, 1.165) is 0 Å². The number of rotatable bonds is 4. The molecule has 3 nitrogen and oxygen atoms in total. The Bertz CT molecular complexity index is 628. The highest BCUT2D eigenvalue weighted by atomic mass is 35.5. The molecule has 0 atom stereocenters. The Labute approximate surface area is 120 Å².